The number of benzene rings is 3. The van der Waals surface area contributed by atoms with E-state index in [-0.39, 0.29) is 11.2 Å². The molecule has 150 valence electrons. The van der Waals surface area contributed by atoms with Gasteiger partial charge in [0, 0.05) is 17.9 Å². The lowest BCUT2D eigenvalue weighted by molar-refractivity contribution is -0.384. The van der Waals surface area contributed by atoms with Gasteiger partial charge in [0.15, 0.2) is 5.16 Å². The summed E-state index contributed by atoms with van der Waals surface area (Å²) < 4.78 is 6.79. The Hall–Kier alpha value is -3.65. The van der Waals surface area contributed by atoms with Crippen molar-refractivity contribution in [1.29, 1.82) is 0 Å². The molecule has 0 saturated carbocycles. The van der Waals surface area contributed by atoms with Gasteiger partial charge in [-0.05, 0) is 42.0 Å². The van der Waals surface area contributed by atoms with Crippen molar-refractivity contribution in [1.82, 2.24) is 9.55 Å². The molecule has 0 spiro atoms. The van der Waals surface area contributed by atoms with E-state index in [2.05, 4.69) is 0 Å². The highest BCUT2D eigenvalue weighted by molar-refractivity contribution is 7.98. The SMILES string of the molecule is COc1ccc(-n2c(SCc3ccc([N+](=O)[O-])cc3)nc3ccccc3c2=O)cc1. The van der Waals surface area contributed by atoms with Crippen LogP contribution < -0.4 is 10.3 Å². The minimum absolute atomic E-state index is 0.0442. The minimum Gasteiger partial charge on any atom is -0.497 e. The van der Waals surface area contributed by atoms with E-state index in [1.54, 1.807) is 42.0 Å². The van der Waals surface area contributed by atoms with Gasteiger partial charge in [0.25, 0.3) is 11.2 Å². The van der Waals surface area contributed by atoms with Gasteiger partial charge in [-0.15, -0.1) is 0 Å². The van der Waals surface area contributed by atoms with Crippen molar-refractivity contribution in [2.45, 2.75) is 10.9 Å². The van der Waals surface area contributed by atoms with Crippen LogP contribution in [0.4, 0.5) is 5.69 Å². The van der Waals surface area contributed by atoms with Crippen LogP contribution in [0.3, 0.4) is 0 Å². The number of thioether (sulfide) groups is 1. The van der Waals surface area contributed by atoms with Gasteiger partial charge in [-0.1, -0.05) is 36.0 Å². The number of hydrogen-bond donors (Lipinski definition) is 0. The number of nitro groups is 1. The Kier molecular flexibility index (Phi) is 5.49. The molecule has 0 amide bonds. The average molecular weight is 419 g/mol. The van der Waals surface area contributed by atoms with Gasteiger partial charge in [0.2, 0.25) is 0 Å². The largest absolute Gasteiger partial charge is 0.497 e. The Morgan fingerprint density at radius 3 is 2.40 bits per heavy atom. The van der Waals surface area contributed by atoms with Crippen LogP contribution in [-0.4, -0.2) is 21.6 Å². The highest BCUT2D eigenvalue weighted by atomic mass is 32.2. The summed E-state index contributed by atoms with van der Waals surface area (Å²) in [5.41, 5.74) is 2.10. The molecule has 0 N–H and O–H groups in total. The van der Waals surface area contributed by atoms with Crippen molar-refractivity contribution in [2.24, 2.45) is 0 Å². The smallest absolute Gasteiger partial charge is 0.269 e. The molecular weight excluding hydrogens is 402 g/mol. The third-order valence-corrected chi connectivity index (χ3v) is 5.60. The van der Waals surface area contributed by atoms with Crippen LogP contribution in [0.2, 0.25) is 0 Å². The number of non-ortho nitro benzene ring substituents is 1. The molecule has 0 saturated heterocycles. The molecule has 0 bridgehead atoms. The number of methoxy groups -OCH3 is 1. The zero-order chi connectivity index (χ0) is 21.1. The second-order valence-electron chi connectivity index (χ2n) is 6.46. The second kappa shape index (κ2) is 8.38. The maximum atomic E-state index is 13.2. The van der Waals surface area contributed by atoms with E-state index in [9.17, 15) is 14.9 Å². The van der Waals surface area contributed by atoms with Crippen molar-refractivity contribution < 1.29 is 9.66 Å². The van der Waals surface area contributed by atoms with Crippen molar-refractivity contribution in [2.75, 3.05) is 7.11 Å². The number of fused-ring (bicyclic) bond motifs is 1. The average Bonchev–Trinajstić information content (AvgIpc) is 2.78. The van der Waals surface area contributed by atoms with E-state index in [1.807, 2.05) is 30.3 Å². The lowest BCUT2D eigenvalue weighted by atomic mass is 10.2. The van der Waals surface area contributed by atoms with Gasteiger partial charge in [-0.3, -0.25) is 19.5 Å². The van der Waals surface area contributed by atoms with E-state index in [4.69, 9.17) is 9.72 Å². The Morgan fingerprint density at radius 1 is 1.03 bits per heavy atom. The molecule has 30 heavy (non-hydrogen) atoms. The fourth-order valence-corrected chi connectivity index (χ4v) is 4.00. The van der Waals surface area contributed by atoms with Gasteiger partial charge in [0.05, 0.1) is 28.6 Å². The zero-order valence-electron chi connectivity index (χ0n) is 16.0. The quantitative estimate of drug-likeness (QED) is 0.197. The molecular formula is C22H17N3O4S. The number of ether oxygens (including phenoxy) is 1. The molecule has 0 aliphatic carbocycles. The van der Waals surface area contributed by atoms with Gasteiger partial charge in [-0.2, -0.15) is 0 Å². The zero-order valence-corrected chi connectivity index (χ0v) is 16.8. The minimum atomic E-state index is -0.427. The van der Waals surface area contributed by atoms with Crippen molar-refractivity contribution >= 4 is 28.4 Å². The van der Waals surface area contributed by atoms with Gasteiger partial charge >= 0.3 is 0 Å². The molecule has 0 unspecified atom stereocenters. The lowest BCUT2D eigenvalue weighted by Gasteiger charge is -2.13. The Balaban J connectivity index is 1.75. The second-order valence-corrected chi connectivity index (χ2v) is 7.40. The van der Waals surface area contributed by atoms with Crippen molar-refractivity contribution in [3.63, 3.8) is 0 Å². The number of aromatic nitrogens is 2. The molecule has 0 fully saturated rings. The molecule has 7 nitrogen and oxygen atoms in total. The highest BCUT2D eigenvalue weighted by Crippen LogP contribution is 2.26. The first-order valence-corrected chi connectivity index (χ1v) is 10.1. The Morgan fingerprint density at radius 2 is 1.73 bits per heavy atom. The van der Waals surface area contributed by atoms with Gasteiger partial charge in [0.1, 0.15) is 5.75 Å². The summed E-state index contributed by atoms with van der Waals surface area (Å²) in [6.07, 6.45) is 0. The van der Waals surface area contributed by atoms with E-state index in [0.29, 0.717) is 33.2 Å². The first-order valence-electron chi connectivity index (χ1n) is 9.09. The third kappa shape index (κ3) is 3.90. The van der Waals surface area contributed by atoms with E-state index in [1.165, 1.54) is 23.9 Å². The fraction of sp³-hybridized carbons (Fsp3) is 0.0909. The molecule has 0 atom stereocenters. The van der Waals surface area contributed by atoms with Gasteiger partial charge in [-0.25, -0.2) is 4.98 Å². The third-order valence-electron chi connectivity index (χ3n) is 4.59. The number of nitrogens with zero attached hydrogens (tertiary/aromatic N) is 3. The first kappa shape index (κ1) is 19.7. The predicted octanol–water partition coefficient (Wildman–Crippen LogP) is 4.59. The molecule has 0 aliphatic heterocycles. The summed E-state index contributed by atoms with van der Waals surface area (Å²) in [5.74, 6) is 1.21. The molecule has 0 aliphatic rings. The number of nitro benzene ring substituents is 1. The van der Waals surface area contributed by atoms with Crippen LogP contribution in [0.25, 0.3) is 16.6 Å². The van der Waals surface area contributed by atoms with E-state index < -0.39 is 4.92 Å². The van der Waals surface area contributed by atoms with Crippen molar-refractivity contribution in [3.8, 4) is 11.4 Å². The standard InChI is InChI=1S/C22H17N3O4S/c1-29-18-12-10-16(11-13-18)24-21(26)19-4-2-3-5-20(19)23-22(24)30-14-15-6-8-17(9-7-15)25(27)28/h2-13H,14H2,1H3. The van der Waals surface area contributed by atoms with Crippen LogP contribution in [-0.2, 0) is 5.75 Å². The molecule has 0 radical (unpaired) electrons. The van der Waals surface area contributed by atoms with Crippen LogP contribution in [0.5, 0.6) is 5.75 Å². The number of para-hydroxylation sites is 1. The van der Waals surface area contributed by atoms with Crippen LogP contribution in [0.1, 0.15) is 5.56 Å². The molecule has 1 heterocycles. The normalized spacial score (nSPS) is 10.8. The van der Waals surface area contributed by atoms with E-state index >= 15 is 0 Å². The Bertz CT molecular complexity index is 1270. The monoisotopic (exact) mass is 419 g/mol. The lowest BCUT2D eigenvalue weighted by Crippen LogP contribution is -2.21. The summed E-state index contributed by atoms with van der Waals surface area (Å²) in [4.78, 5) is 28.4. The molecule has 3 aromatic carbocycles. The number of rotatable bonds is 6. The molecule has 1 aromatic heterocycles. The Labute approximate surface area is 176 Å². The van der Waals surface area contributed by atoms with Gasteiger partial charge < -0.3 is 4.74 Å². The van der Waals surface area contributed by atoms with Crippen LogP contribution >= 0.6 is 11.8 Å². The summed E-state index contributed by atoms with van der Waals surface area (Å²) >= 11 is 1.40. The highest BCUT2D eigenvalue weighted by Gasteiger charge is 2.14. The van der Waals surface area contributed by atoms with E-state index in [0.717, 1.165) is 5.56 Å². The number of hydrogen-bond acceptors (Lipinski definition) is 6. The summed E-state index contributed by atoms with van der Waals surface area (Å²) in [6.45, 7) is 0. The first-order chi connectivity index (χ1) is 14.6. The maximum absolute atomic E-state index is 13.2. The molecule has 4 aromatic rings. The fourth-order valence-electron chi connectivity index (χ4n) is 3.03. The summed E-state index contributed by atoms with van der Waals surface area (Å²) in [6, 6.07) is 20.8. The predicted molar refractivity (Wildman–Crippen MR) is 117 cm³/mol. The topological polar surface area (TPSA) is 87.3 Å². The van der Waals surface area contributed by atoms with Crippen molar-refractivity contribution in [3.05, 3.63) is 98.8 Å². The maximum Gasteiger partial charge on any atom is 0.269 e. The van der Waals surface area contributed by atoms with Crippen LogP contribution in [0.15, 0.2) is 82.7 Å². The summed E-state index contributed by atoms with van der Waals surface area (Å²) in [7, 11) is 1.59. The molecule has 4 rings (SSSR count). The summed E-state index contributed by atoms with van der Waals surface area (Å²) in [5, 5.41) is 11.9. The van der Waals surface area contributed by atoms with Crippen LogP contribution in [0, 0.1) is 10.1 Å². The molecule has 8 heteroatoms.